The predicted molar refractivity (Wildman–Crippen MR) is 84.1 cm³/mol. The van der Waals surface area contributed by atoms with Gasteiger partial charge in [-0.1, -0.05) is 30.3 Å². The minimum absolute atomic E-state index is 0.0461. The lowest BCUT2D eigenvalue weighted by atomic mass is 9.98. The number of rotatable bonds is 4. The number of ether oxygens (including phenoxy) is 1. The average molecular weight is 279 g/mol. The Labute approximate surface area is 122 Å². The number of morpholine rings is 1. The van der Waals surface area contributed by atoms with Crippen LogP contribution in [0.5, 0.6) is 0 Å². The molecule has 0 N–H and O–H groups in total. The summed E-state index contributed by atoms with van der Waals surface area (Å²) in [7, 11) is 0. The van der Waals surface area contributed by atoms with Gasteiger partial charge in [0.15, 0.2) is 0 Å². The molecule has 1 heterocycles. The molecule has 0 radical (unpaired) electrons. The zero-order valence-corrected chi connectivity index (χ0v) is 13.1. The summed E-state index contributed by atoms with van der Waals surface area (Å²) in [5, 5.41) is 0. The Hall–Kier alpha value is -0.510. The molecule has 1 saturated heterocycles. The highest BCUT2D eigenvalue weighted by molar-refractivity contribution is 7.80. The smallest absolute Gasteiger partial charge is 0.0757 e. The summed E-state index contributed by atoms with van der Waals surface area (Å²) in [5.41, 5.74) is 1.34. The van der Waals surface area contributed by atoms with Gasteiger partial charge in [0, 0.05) is 25.6 Å². The molecule has 0 amide bonds. The van der Waals surface area contributed by atoms with Gasteiger partial charge in [-0.3, -0.25) is 4.90 Å². The van der Waals surface area contributed by atoms with Gasteiger partial charge in [-0.2, -0.15) is 12.6 Å². The van der Waals surface area contributed by atoms with Crippen LogP contribution in [0.1, 0.15) is 32.3 Å². The van der Waals surface area contributed by atoms with E-state index in [1.54, 1.807) is 0 Å². The fraction of sp³-hybridized carbons (Fsp3) is 0.625. The Morgan fingerprint density at radius 1 is 1.37 bits per heavy atom. The standard InChI is InChI=1S/C16H25NOS/c1-13-9-17(12-16(2,3)18-13)10-15(11-19)14-7-5-4-6-8-14/h4-8,13,15,19H,9-12H2,1-3H3. The molecule has 0 aromatic heterocycles. The number of benzene rings is 1. The molecular formula is C16H25NOS. The van der Waals surface area contributed by atoms with Crippen molar-refractivity contribution < 1.29 is 4.74 Å². The van der Waals surface area contributed by atoms with Crippen molar-refractivity contribution in [2.24, 2.45) is 0 Å². The zero-order valence-electron chi connectivity index (χ0n) is 12.2. The maximum absolute atomic E-state index is 5.96. The normalized spacial score (nSPS) is 25.2. The fourth-order valence-electron chi connectivity index (χ4n) is 3.03. The van der Waals surface area contributed by atoms with Gasteiger partial charge < -0.3 is 4.74 Å². The minimum Gasteiger partial charge on any atom is -0.370 e. The first-order valence-corrected chi connectivity index (χ1v) is 7.69. The molecule has 1 aromatic carbocycles. The Bertz CT molecular complexity index is 393. The molecule has 2 rings (SSSR count). The van der Waals surface area contributed by atoms with Crippen LogP contribution in [-0.2, 0) is 4.74 Å². The molecule has 3 heteroatoms. The first kappa shape index (κ1) is 14.9. The van der Waals surface area contributed by atoms with Crippen LogP contribution in [0.3, 0.4) is 0 Å². The summed E-state index contributed by atoms with van der Waals surface area (Å²) in [4.78, 5) is 2.52. The van der Waals surface area contributed by atoms with Crippen LogP contribution in [0.25, 0.3) is 0 Å². The Morgan fingerprint density at radius 3 is 2.63 bits per heavy atom. The van der Waals surface area contributed by atoms with Gasteiger partial charge in [0.2, 0.25) is 0 Å². The van der Waals surface area contributed by atoms with Crippen LogP contribution in [-0.4, -0.2) is 42.0 Å². The first-order chi connectivity index (χ1) is 9.00. The van der Waals surface area contributed by atoms with Crippen LogP contribution in [0.15, 0.2) is 30.3 Å². The number of hydrogen-bond acceptors (Lipinski definition) is 3. The van der Waals surface area contributed by atoms with E-state index in [-0.39, 0.29) is 5.60 Å². The molecule has 1 aliphatic heterocycles. The fourth-order valence-corrected chi connectivity index (χ4v) is 3.36. The molecule has 0 aliphatic carbocycles. The van der Waals surface area contributed by atoms with Gasteiger partial charge in [0.25, 0.3) is 0 Å². The van der Waals surface area contributed by atoms with Crippen molar-refractivity contribution >= 4 is 12.6 Å². The van der Waals surface area contributed by atoms with E-state index in [1.807, 2.05) is 0 Å². The molecule has 0 bridgehead atoms. The van der Waals surface area contributed by atoms with E-state index >= 15 is 0 Å². The lowest BCUT2D eigenvalue weighted by Crippen LogP contribution is -2.52. The van der Waals surface area contributed by atoms with Crippen molar-refractivity contribution in [3.05, 3.63) is 35.9 Å². The Kier molecular flexibility index (Phi) is 4.93. The van der Waals surface area contributed by atoms with Crippen molar-refractivity contribution in [3.63, 3.8) is 0 Å². The van der Waals surface area contributed by atoms with Gasteiger partial charge in [0.05, 0.1) is 11.7 Å². The number of hydrogen-bond donors (Lipinski definition) is 1. The van der Waals surface area contributed by atoms with Crippen LogP contribution in [0.2, 0.25) is 0 Å². The van der Waals surface area contributed by atoms with Crippen LogP contribution >= 0.6 is 12.6 Å². The third-order valence-electron chi connectivity index (χ3n) is 3.61. The largest absolute Gasteiger partial charge is 0.370 e. The monoisotopic (exact) mass is 279 g/mol. The molecule has 1 aromatic rings. The summed E-state index contributed by atoms with van der Waals surface area (Å²) < 4.78 is 5.96. The summed E-state index contributed by atoms with van der Waals surface area (Å²) in [6.45, 7) is 9.58. The van der Waals surface area contributed by atoms with Crippen molar-refractivity contribution in [3.8, 4) is 0 Å². The summed E-state index contributed by atoms with van der Waals surface area (Å²) >= 11 is 4.53. The molecule has 19 heavy (non-hydrogen) atoms. The maximum atomic E-state index is 5.96. The van der Waals surface area contributed by atoms with Crippen molar-refractivity contribution in [1.29, 1.82) is 0 Å². The zero-order chi connectivity index (χ0) is 13.9. The highest BCUT2D eigenvalue weighted by Gasteiger charge is 2.32. The maximum Gasteiger partial charge on any atom is 0.0757 e. The van der Waals surface area contributed by atoms with Crippen molar-refractivity contribution in [1.82, 2.24) is 4.90 Å². The van der Waals surface area contributed by atoms with E-state index in [1.165, 1.54) is 5.56 Å². The lowest BCUT2D eigenvalue weighted by Gasteiger charge is -2.42. The molecule has 2 nitrogen and oxygen atoms in total. The van der Waals surface area contributed by atoms with Crippen LogP contribution in [0.4, 0.5) is 0 Å². The van der Waals surface area contributed by atoms with E-state index in [0.29, 0.717) is 12.0 Å². The van der Waals surface area contributed by atoms with Gasteiger partial charge in [-0.25, -0.2) is 0 Å². The van der Waals surface area contributed by atoms with E-state index in [2.05, 4.69) is 68.6 Å². The first-order valence-electron chi connectivity index (χ1n) is 7.06. The third kappa shape index (κ3) is 4.23. The minimum atomic E-state index is -0.0461. The second-order valence-corrected chi connectivity index (χ2v) is 6.54. The molecule has 106 valence electrons. The quantitative estimate of drug-likeness (QED) is 0.850. The van der Waals surface area contributed by atoms with Gasteiger partial charge in [0.1, 0.15) is 0 Å². The molecule has 0 spiro atoms. The summed E-state index contributed by atoms with van der Waals surface area (Å²) in [6, 6.07) is 10.7. The van der Waals surface area contributed by atoms with Crippen molar-refractivity contribution in [2.45, 2.75) is 38.4 Å². The van der Waals surface area contributed by atoms with Crippen LogP contribution < -0.4 is 0 Å². The molecule has 1 fully saturated rings. The van der Waals surface area contributed by atoms with E-state index in [4.69, 9.17) is 4.74 Å². The predicted octanol–water partition coefficient (Wildman–Crippen LogP) is 3.20. The number of thiol groups is 1. The highest BCUT2D eigenvalue weighted by Crippen LogP contribution is 2.25. The van der Waals surface area contributed by atoms with Crippen LogP contribution in [0, 0.1) is 0 Å². The lowest BCUT2D eigenvalue weighted by molar-refractivity contribution is -0.129. The van der Waals surface area contributed by atoms with E-state index in [0.717, 1.165) is 25.4 Å². The third-order valence-corrected chi connectivity index (χ3v) is 4.05. The molecule has 0 saturated carbocycles. The Morgan fingerprint density at radius 2 is 2.05 bits per heavy atom. The number of nitrogens with zero attached hydrogens (tertiary/aromatic N) is 1. The second-order valence-electron chi connectivity index (χ2n) is 6.17. The van der Waals surface area contributed by atoms with Gasteiger partial charge in [-0.05, 0) is 32.1 Å². The highest BCUT2D eigenvalue weighted by atomic mass is 32.1. The molecular weight excluding hydrogens is 254 g/mol. The van der Waals surface area contributed by atoms with E-state index < -0.39 is 0 Å². The Balaban J connectivity index is 2.02. The topological polar surface area (TPSA) is 12.5 Å². The summed E-state index contributed by atoms with van der Waals surface area (Å²) in [6.07, 6.45) is 0.306. The molecule has 2 unspecified atom stereocenters. The average Bonchev–Trinajstić information content (AvgIpc) is 2.34. The van der Waals surface area contributed by atoms with Gasteiger partial charge in [-0.15, -0.1) is 0 Å². The molecule has 2 atom stereocenters. The summed E-state index contributed by atoms with van der Waals surface area (Å²) in [5.74, 6) is 1.38. The second kappa shape index (κ2) is 6.29. The van der Waals surface area contributed by atoms with E-state index in [9.17, 15) is 0 Å². The van der Waals surface area contributed by atoms with Gasteiger partial charge >= 0.3 is 0 Å². The van der Waals surface area contributed by atoms with Crippen molar-refractivity contribution in [2.75, 3.05) is 25.4 Å². The molecule has 1 aliphatic rings. The SMILES string of the molecule is CC1CN(CC(CS)c2ccccc2)CC(C)(C)O1.